The standard InChI is InChI=1S/C57H69N3O5/c1-30-15-17-38-37-13-5-11-33-26-34-16-19-43-35-27-36-29-60(43)50(34)48(46(33)37)40-21-22-55-52(51(61)39-18-20-42(36)59(28-35)44(39)25-31-8-3-2-4-9-31)64-54(63)56(55,49(38)40)45(24-30)57(55)41-14-6-10-32(12-7-23-58)47(41)53(62)65-57/h5-6,10,13-15,17,30-31,33,35-39,42-46,48,61H,2-4,7-9,11-12,16,18-29,58H2,1H3. The first-order valence-corrected chi connectivity index (χ1v) is 26.8. The predicted octanol–water partition coefficient (Wildman–Crippen LogP) is 9.82. The third-order valence-electron chi connectivity index (χ3n) is 22.1. The Morgan fingerprint density at radius 1 is 0.938 bits per heavy atom. The fraction of sp³-hybridized carbons (Fsp3) is 0.684. The topological polar surface area (TPSA) is 105 Å². The summed E-state index contributed by atoms with van der Waals surface area (Å²) in [6.07, 6.45) is 29.4. The number of esters is 2. The van der Waals surface area contributed by atoms with Gasteiger partial charge in [-0.15, -0.1) is 0 Å². The van der Waals surface area contributed by atoms with Crippen molar-refractivity contribution >= 4 is 11.9 Å². The van der Waals surface area contributed by atoms with Crippen molar-refractivity contribution in [3.8, 4) is 0 Å². The van der Waals surface area contributed by atoms with Crippen LogP contribution < -0.4 is 5.73 Å². The Balaban J connectivity index is 1.04. The number of hydrogen-bond acceptors (Lipinski definition) is 8. The second-order valence-corrected chi connectivity index (χ2v) is 24.3. The van der Waals surface area contributed by atoms with Gasteiger partial charge in [0.25, 0.3) is 0 Å². The molecule has 0 amide bonds. The van der Waals surface area contributed by atoms with Gasteiger partial charge in [-0.05, 0) is 143 Å². The van der Waals surface area contributed by atoms with E-state index < -0.39 is 16.4 Å². The molecule has 0 aromatic heterocycles. The summed E-state index contributed by atoms with van der Waals surface area (Å²) in [6, 6.07) is 7.62. The highest BCUT2D eigenvalue weighted by molar-refractivity contribution is 6.00. The van der Waals surface area contributed by atoms with E-state index in [1.807, 2.05) is 0 Å². The summed E-state index contributed by atoms with van der Waals surface area (Å²) < 4.78 is 14.5. The number of ether oxygens (including phenoxy) is 2. The Morgan fingerprint density at radius 3 is 2.69 bits per heavy atom. The molecule has 7 bridgehead atoms. The van der Waals surface area contributed by atoms with Crippen molar-refractivity contribution in [1.82, 2.24) is 9.80 Å². The van der Waals surface area contributed by atoms with Gasteiger partial charge in [-0.1, -0.05) is 92.7 Å². The summed E-state index contributed by atoms with van der Waals surface area (Å²) in [5, 5.41) is 13.8. The van der Waals surface area contributed by atoms with Gasteiger partial charge in [-0.2, -0.15) is 0 Å². The summed E-state index contributed by atoms with van der Waals surface area (Å²) in [7, 11) is 0. The van der Waals surface area contributed by atoms with Gasteiger partial charge in [-0.25, -0.2) is 4.79 Å². The number of carbonyl (C=O) groups is 2. The first-order valence-electron chi connectivity index (χ1n) is 26.8. The van der Waals surface area contributed by atoms with E-state index in [4.69, 9.17) is 15.2 Å². The summed E-state index contributed by atoms with van der Waals surface area (Å²) in [5.41, 5.74) is 11.7. The third-order valence-corrected chi connectivity index (χ3v) is 22.1. The fourth-order valence-electron chi connectivity index (χ4n) is 20.3. The lowest BCUT2D eigenvalue weighted by Crippen LogP contribution is -2.78. The van der Waals surface area contributed by atoms with Gasteiger partial charge in [-0.3, -0.25) is 9.69 Å². The van der Waals surface area contributed by atoms with E-state index in [0.29, 0.717) is 84.6 Å². The van der Waals surface area contributed by atoms with E-state index in [-0.39, 0.29) is 53.5 Å². The number of aliphatic hydroxyl groups is 1. The van der Waals surface area contributed by atoms with Crippen LogP contribution in [-0.2, 0) is 26.3 Å². The minimum atomic E-state index is -1.14. The highest BCUT2D eigenvalue weighted by atomic mass is 16.6. The molecule has 2 saturated carbocycles. The molecule has 8 nitrogen and oxygen atoms in total. The van der Waals surface area contributed by atoms with Crippen LogP contribution >= 0.6 is 0 Å². The summed E-state index contributed by atoms with van der Waals surface area (Å²) in [6.45, 7) is 5.13. The molecule has 16 unspecified atom stereocenters. The quantitative estimate of drug-likeness (QED) is 0.223. The van der Waals surface area contributed by atoms with Gasteiger partial charge < -0.3 is 25.2 Å². The molecule has 7 aliphatic heterocycles. The van der Waals surface area contributed by atoms with Crippen molar-refractivity contribution in [1.29, 1.82) is 0 Å². The molecule has 1 aromatic rings. The van der Waals surface area contributed by atoms with Crippen LogP contribution in [0, 0.1) is 75.9 Å². The minimum Gasteiger partial charge on any atom is -0.508 e. The molecule has 4 saturated heterocycles. The van der Waals surface area contributed by atoms with Crippen molar-refractivity contribution in [3.05, 3.63) is 93.1 Å². The van der Waals surface area contributed by atoms with Gasteiger partial charge in [0.15, 0.2) is 11.4 Å². The number of hydrogen-bond donors (Lipinski definition) is 2. The number of carbonyl (C=O) groups excluding carboxylic acids is 2. The largest absolute Gasteiger partial charge is 0.508 e. The molecule has 3 spiro atoms. The molecule has 342 valence electrons. The Kier molecular flexibility index (Phi) is 8.21. The van der Waals surface area contributed by atoms with Crippen LogP contribution in [0.1, 0.15) is 138 Å². The van der Waals surface area contributed by atoms with Crippen molar-refractivity contribution in [2.24, 2.45) is 81.7 Å². The number of rotatable bonds is 5. The average molecular weight is 876 g/mol. The molecule has 0 radical (unpaired) electrons. The van der Waals surface area contributed by atoms with Crippen LogP contribution in [0.5, 0.6) is 0 Å². The molecule has 15 rings (SSSR count). The normalized spacial score (nSPS) is 47.0. The second kappa shape index (κ2) is 13.5. The van der Waals surface area contributed by atoms with Crippen LogP contribution in [-0.4, -0.2) is 64.6 Å². The molecule has 1 aromatic carbocycles. The van der Waals surface area contributed by atoms with E-state index >= 15 is 9.59 Å². The van der Waals surface area contributed by atoms with Gasteiger partial charge in [0.05, 0.1) is 11.0 Å². The first-order chi connectivity index (χ1) is 31.8. The molecule has 3 N–H and O–H groups in total. The molecule has 14 aliphatic rings. The third kappa shape index (κ3) is 4.56. The van der Waals surface area contributed by atoms with E-state index in [2.05, 4.69) is 59.2 Å². The maximum atomic E-state index is 16.3. The second-order valence-electron chi connectivity index (χ2n) is 24.3. The van der Waals surface area contributed by atoms with Crippen LogP contribution in [0.4, 0.5) is 0 Å². The molecule has 7 aliphatic carbocycles. The molecule has 7 heterocycles. The van der Waals surface area contributed by atoms with Crippen molar-refractivity contribution in [2.45, 2.75) is 146 Å². The van der Waals surface area contributed by atoms with Crippen LogP contribution in [0.25, 0.3) is 0 Å². The van der Waals surface area contributed by atoms with E-state index in [1.165, 1.54) is 68.9 Å². The smallest absolute Gasteiger partial charge is 0.339 e. The zero-order chi connectivity index (χ0) is 43.3. The summed E-state index contributed by atoms with van der Waals surface area (Å²) in [4.78, 5) is 37.4. The van der Waals surface area contributed by atoms with Crippen molar-refractivity contribution in [3.63, 3.8) is 0 Å². The maximum absolute atomic E-state index is 16.3. The van der Waals surface area contributed by atoms with E-state index in [0.717, 1.165) is 62.7 Å². The monoisotopic (exact) mass is 876 g/mol. The van der Waals surface area contributed by atoms with Crippen molar-refractivity contribution in [2.75, 3.05) is 19.6 Å². The Bertz CT molecular complexity index is 2480. The Hall–Kier alpha value is -3.62. The number of nitrogens with zero attached hydrogens (tertiary/aromatic N) is 2. The number of fused-ring (bicyclic) bond motifs is 9. The van der Waals surface area contributed by atoms with Crippen LogP contribution in [0.3, 0.4) is 0 Å². The lowest BCUT2D eigenvalue weighted by molar-refractivity contribution is -0.282. The number of nitrogens with two attached hydrogens (primary N) is 1. The average Bonchev–Trinajstić information content (AvgIpc) is 3.78. The lowest BCUT2D eigenvalue weighted by atomic mass is 9.27. The lowest BCUT2D eigenvalue weighted by Gasteiger charge is -2.73. The SMILES string of the molecule is CC1C=CC2C3=C4CCC56C(=C(O)C7CCC8C9CC(CN8C7CC7CCCCC7)C7CCC8=C(C4C4C(CC=CC24)C8)N7C9)OC(=O)C35C(C1)C61OC(=O)c2c(CCCN)cccc21. The minimum absolute atomic E-state index is 0.0502. The fourth-order valence-corrected chi connectivity index (χ4v) is 20.3. The molecule has 16 atom stereocenters. The summed E-state index contributed by atoms with van der Waals surface area (Å²) in [5.74, 6) is 3.66. The Labute approximate surface area is 385 Å². The highest BCUT2D eigenvalue weighted by Gasteiger charge is 2.94. The predicted molar refractivity (Wildman–Crippen MR) is 247 cm³/mol. The van der Waals surface area contributed by atoms with Crippen molar-refractivity contribution < 1.29 is 24.2 Å². The number of allylic oxidation sites excluding steroid dienone is 6. The number of aryl methyl sites for hydroxylation is 1. The zero-order valence-electron chi connectivity index (χ0n) is 38.5. The molecule has 65 heavy (non-hydrogen) atoms. The highest BCUT2D eigenvalue weighted by Crippen LogP contribution is 2.88. The Morgan fingerprint density at radius 2 is 1.82 bits per heavy atom. The van der Waals surface area contributed by atoms with Crippen LogP contribution in [0.15, 0.2) is 76.4 Å². The molecular formula is C57H69N3O5. The van der Waals surface area contributed by atoms with Crippen LogP contribution in [0.2, 0.25) is 0 Å². The van der Waals surface area contributed by atoms with Gasteiger partial charge >= 0.3 is 11.9 Å². The molecule has 8 heteroatoms. The number of aliphatic hydroxyl groups excluding tert-OH is 1. The van der Waals surface area contributed by atoms with E-state index in [1.54, 1.807) is 11.3 Å². The van der Waals surface area contributed by atoms with Gasteiger partial charge in [0, 0.05) is 66.1 Å². The molecular weight excluding hydrogens is 807 g/mol. The molecule has 6 fully saturated rings. The zero-order valence-corrected chi connectivity index (χ0v) is 38.5. The summed E-state index contributed by atoms with van der Waals surface area (Å²) >= 11 is 0. The van der Waals surface area contributed by atoms with Gasteiger partial charge in [0.2, 0.25) is 0 Å². The number of benzene rings is 1. The maximum Gasteiger partial charge on any atom is 0.339 e. The van der Waals surface area contributed by atoms with Gasteiger partial charge in [0.1, 0.15) is 11.2 Å². The first kappa shape index (κ1) is 39.4. The van der Waals surface area contributed by atoms with E-state index in [9.17, 15) is 5.11 Å². The number of piperidine rings is 3.